The summed E-state index contributed by atoms with van der Waals surface area (Å²) in [6.45, 7) is 4.57. The van der Waals surface area contributed by atoms with Gasteiger partial charge in [0.25, 0.3) is 5.91 Å². The molecule has 0 atom stereocenters. The average molecular weight is 352 g/mol. The van der Waals surface area contributed by atoms with Crippen molar-refractivity contribution in [2.24, 2.45) is 5.92 Å². The molecule has 0 radical (unpaired) electrons. The van der Waals surface area contributed by atoms with Crippen molar-refractivity contribution < 1.29 is 18.0 Å². The second kappa shape index (κ2) is 6.61. The molecule has 0 unspecified atom stereocenters. The molecule has 0 bridgehead atoms. The number of carbonyl (C=O) groups is 1. The molecule has 6 heteroatoms. The second-order valence-electron chi connectivity index (χ2n) is 5.10. The summed E-state index contributed by atoms with van der Waals surface area (Å²) in [5.74, 6) is 0.0128. The summed E-state index contributed by atoms with van der Waals surface area (Å²) in [6, 6.07) is 3.10. The van der Waals surface area contributed by atoms with Gasteiger partial charge in [0.15, 0.2) is 0 Å². The molecule has 20 heavy (non-hydrogen) atoms. The standard InChI is InChI=1S/C14H17BrF3NO/c1-9(2)6-7-19(3)13(20)11-8-10(14(16,17)18)4-5-12(11)15/h4-5,8-9H,6-7H2,1-3H3. The third-order valence-corrected chi connectivity index (χ3v) is 3.60. The van der Waals surface area contributed by atoms with Crippen LogP contribution in [0.1, 0.15) is 36.2 Å². The number of alkyl halides is 3. The second-order valence-corrected chi connectivity index (χ2v) is 5.96. The van der Waals surface area contributed by atoms with Crippen molar-refractivity contribution >= 4 is 21.8 Å². The quantitative estimate of drug-likeness (QED) is 0.776. The maximum Gasteiger partial charge on any atom is 0.416 e. The maximum absolute atomic E-state index is 12.7. The third kappa shape index (κ3) is 4.51. The van der Waals surface area contributed by atoms with Crippen LogP contribution in [0.15, 0.2) is 22.7 Å². The lowest BCUT2D eigenvalue weighted by atomic mass is 10.1. The zero-order chi connectivity index (χ0) is 15.5. The summed E-state index contributed by atoms with van der Waals surface area (Å²) < 4.78 is 38.4. The van der Waals surface area contributed by atoms with E-state index in [-0.39, 0.29) is 5.56 Å². The highest BCUT2D eigenvalue weighted by Crippen LogP contribution is 2.32. The molecule has 0 aliphatic rings. The van der Waals surface area contributed by atoms with Gasteiger partial charge in [-0.15, -0.1) is 0 Å². The Morgan fingerprint density at radius 2 is 1.95 bits per heavy atom. The summed E-state index contributed by atoms with van der Waals surface area (Å²) >= 11 is 3.13. The summed E-state index contributed by atoms with van der Waals surface area (Å²) in [4.78, 5) is 13.6. The van der Waals surface area contributed by atoms with E-state index in [0.717, 1.165) is 18.6 Å². The van der Waals surface area contributed by atoms with Crippen LogP contribution in [-0.4, -0.2) is 24.4 Å². The van der Waals surface area contributed by atoms with Crippen molar-refractivity contribution in [2.75, 3.05) is 13.6 Å². The number of hydrogen-bond acceptors (Lipinski definition) is 1. The lowest BCUT2D eigenvalue weighted by Gasteiger charge is -2.19. The summed E-state index contributed by atoms with van der Waals surface area (Å²) in [6.07, 6.45) is -3.65. The average Bonchev–Trinajstić information content (AvgIpc) is 2.34. The van der Waals surface area contributed by atoms with Gasteiger partial charge in [-0.2, -0.15) is 13.2 Å². The Balaban J connectivity index is 2.97. The topological polar surface area (TPSA) is 20.3 Å². The van der Waals surface area contributed by atoms with Crippen molar-refractivity contribution in [2.45, 2.75) is 26.4 Å². The van der Waals surface area contributed by atoms with Gasteiger partial charge in [-0.1, -0.05) is 13.8 Å². The molecule has 0 aliphatic carbocycles. The molecule has 1 aromatic carbocycles. The summed E-state index contributed by atoms with van der Waals surface area (Å²) in [7, 11) is 1.59. The number of benzene rings is 1. The van der Waals surface area contributed by atoms with Crippen LogP contribution in [-0.2, 0) is 6.18 Å². The Labute approximate surface area is 125 Å². The van der Waals surface area contributed by atoms with Gasteiger partial charge in [0, 0.05) is 18.1 Å². The van der Waals surface area contributed by atoms with Crippen LogP contribution >= 0.6 is 15.9 Å². The molecule has 112 valence electrons. The van der Waals surface area contributed by atoms with E-state index >= 15 is 0 Å². The largest absolute Gasteiger partial charge is 0.416 e. The van der Waals surface area contributed by atoms with Crippen LogP contribution in [0, 0.1) is 5.92 Å². The molecule has 2 nitrogen and oxygen atoms in total. The Morgan fingerprint density at radius 3 is 2.45 bits per heavy atom. The van der Waals surface area contributed by atoms with Crippen LogP contribution in [0.4, 0.5) is 13.2 Å². The predicted octanol–water partition coefficient (Wildman–Crippen LogP) is 4.59. The molecule has 0 heterocycles. The molecular weight excluding hydrogens is 335 g/mol. The van der Waals surface area contributed by atoms with Crippen molar-refractivity contribution in [3.8, 4) is 0 Å². The first-order chi connectivity index (χ1) is 9.12. The minimum atomic E-state index is -4.45. The predicted molar refractivity (Wildman–Crippen MR) is 75.6 cm³/mol. The molecule has 0 saturated carbocycles. The summed E-state index contributed by atoms with van der Waals surface area (Å²) in [5.41, 5.74) is -0.785. The fraction of sp³-hybridized carbons (Fsp3) is 0.500. The molecule has 1 aromatic rings. The van der Waals surface area contributed by atoms with Crippen molar-refractivity contribution in [1.29, 1.82) is 0 Å². The van der Waals surface area contributed by atoms with E-state index in [9.17, 15) is 18.0 Å². The number of hydrogen-bond donors (Lipinski definition) is 0. The van der Waals surface area contributed by atoms with E-state index in [1.54, 1.807) is 7.05 Å². The van der Waals surface area contributed by atoms with Gasteiger partial charge in [0.2, 0.25) is 0 Å². The Bertz CT molecular complexity index is 486. The third-order valence-electron chi connectivity index (χ3n) is 2.91. The van der Waals surface area contributed by atoms with Gasteiger partial charge in [-0.05, 0) is 46.5 Å². The highest BCUT2D eigenvalue weighted by atomic mass is 79.9. The van der Waals surface area contributed by atoms with Crippen LogP contribution < -0.4 is 0 Å². The number of nitrogens with zero attached hydrogens (tertiary/aromatic N) is 1. The number of amides is 1. The molecule has 0 aliphatic heterocycles. The molecule has 0 saturated heterocycles. The van der Waals surface area contributed by atoms with Gasteiger partial charge in [-0.3, -0.25) is 4.79 Å². The normalized spacial score (nSPS) is 11.8. The van der Waals surface area contributed by atoms with Gasteiger partial charge < -0.3 is 4.90 Å². The van der Waals surface area contributed by atoms with E-state index in [4.69, 9.17) is 0 Å². The van der Waals surface area contributed by atoms with Crippen LogP contribution in [0.2, 0.25) is 0 Å². The zero-order valence-corrected chi connectivity index (χ0v) is 13.2. The van der Waals surface area contributed by atoms with Crippen molar-refractivity contribution in [3.05, 3.63) is 33.8 Å². The Morgan fingerprint density at radius 1 is 1.35 bits per heavy atom. The minimum absolute atomic E-state index is 0.0334. The molecule has 0 fully saturated rings. The fourth-order valence-electron chi connectivity index (χ4n) is 1.62. The maximum atomic E-state index is 12.7. The van der Waals surface area contributed by atoms with Gasteiger partial charge >= 0.3 is 6.18 Å². The zero-order valence-electron chi connectivity index (χ0n) is 11.6. The molecule has 1 rings (SSSR count). The smallest absolute Gasteiger partial charge is 0.342 e. The first-order valence-corrected chi connectivity index (χ1v) is 7.04. The highest BCUT2D eigenvalue weighted by molar-refractivity contribution is 9.10. The van der Waals surface area contributed by atoms with Crippen molar-refractivity contribution in [1.82, 2.24) is 4.90 Å². The lowest BCUT2D eigenvalue weighted by Crippen LogP contribution is -2.29. The Kier molecular flexibility index (Phi) is 5.62. The lowest BCUT2D eigenvalue weighted by molar-refractivity contribution is -0.137. The molecular formula is C14H17BrF3NO. The van der Waals surface area contributed by atoms with Crippen LogP contribution in [0.3, 0.4) is 0 Å². The number of rotatable bonds is 4. The van der Waals surface area contributed by atoms with E-state index in [1.807, 2.05) is 13.8 Å². The fourth-order valence-corrected chi connectivity index (χ4v) is 2.04. The number of halogens is 4. The van der Waals surface area contributed by atoms with Crippen molar-refractivity contribution in [3.63, 3.8) is 0 Å². The minimum Gasteiger partial charge on any atom is -0.342 e. The van der Waals surface area contributed by atoms with Crippen LogP contribution in [0.25, 0.3) is 0 Å². The van der Waals surface area contributed by atoms with Gasteiger partial charge in [0.1, 0.15) is 0 Å². The van der Waals surface area contributed by atoms with Crippen LogP contribution in [0.5, 0.6) is 0 Å². The molecule has 0 spiro atoms. The van der Waals surface area contributed by atoms with E-state index in [2.05, 4.69) is 15.9 Å². The highest BCUT2D eigenvalue weighted by Gasteiger charge is 2.31. The van der Waals surface area contributed by atoms with Gasteiger partial charge in [-0.25, -0.2) is 0 Å². The first kappa shape index (κ1) is 17.0. The molecule has 0 N–H and O–H groups in total. The van der Waals surface area contributed by atoms with E-state index in [1.165, 1.54) is 11.0 Å². The molecule has 1 amide bonds. The SMILES string of the molecule is CC(C)CCN(C)C(=O)c1cc(C(F)(F)F)ccc1Br. The van der Waals surface area contributed by atoms with E-state index < -0.39 is 17.6 Å². The monoisotopic (exact) mass is 351 g/mol. The Hall–Kier alpha value is -1.04. The first-order valence-electron chi connectivity index (χ1n) is 6.25. The molecule has 0 aromatic heterocycles. The summed E-state index contributed by atoms with van der Waals surface area (Å²) in [5, 5.41) is 0. The van der Waals surface area contributed by atoms with E-state index in [0.29, 0.717) is 16.9 Å². The van der Waals surface area contributed by atoms with Gasteiger partial charge in [0.05, 0.1) is 11.1 Å². The number of carbonyl (C=O) groups excluding carboxylic acids is 1.